The van der Waals surface area contributed by atoms with Crippen LogP contribution in [0, 0.1) is 0 Å². The SMILES string of the molecule is CCn1cnnc1[C@@H]1CN(Cc2csc(C(C)(C)C)n2)CCO1. The fraction of sp³-hybridized carbons (Fsp3) is 0.688. The van der Waals surface area contributed by atoms with Gasteiger partial charge in [-0.2, -0.15) is 0 Å². The van der Waals surface area contributed by atoms with Gasteiger partial charge < -0.3 is 9.30 Å². The molecule has 0 amide bonds. The van der Waals surface area contributed by atoms with Crippen molar-refractivity contribution in [2.24, 2.45) is 0 Å². The molecule has 0 saturated carbocycles. The van der Waals surface area contributed by atoms with E-state index in [1.54, 1.807) is 17.7 Å². The number of aryl methyl sites for hydroxylation is 1. The maximum atomic E-state index is 5.91. The van der Waals surface area contributed by atoms with E-state index in [0.717, 1.165) is 44.3 Å². The monoisotopic (exact) mass is 335 g/mol. The van der Waals surface area contributed by atoms with Crippen molar-refractivity contribution >= 4 is 11.3 Å². The number of morpholine rings is 1. The summed E-state index contributed by atoms with van der Waals surface area (Å²) in [5.74, 6) is 0.922. The Bertz CT molecular complexity index is 645. The number of thiazole rings is 1. The molecule has 0 aromatic carbocycles. The number of ether oxygens (including phenoxy) is 1. The van der Waals surface area contributed by atoms with E-state index in [1.165, 1.54) is 5.01 Å². The van der Waals surface area contributed by atoms with Crippen LogP contribution in [-0.4, -0.2) is 44.3 Å². The summed E-state index contributed by atoms with van der Waals surface area (Å²) in [5, 5.41) is 11.6. The van der Waals surface area contributed by atoms with Crippen molar-refractivity contribution < 1.29 is 4.74 Å². The molecule has 1 fully saturated rings. The van der Waals surface area contributed by atoms with Crippen LogP contribution in [0.1, 0.15) is 50.3 Å². The predicted octanol–water partition coefficient (Wildman–Crippen LogP) is 2.63. The third kappa shape index (κ3) is 3.79. The van der Waals surface area contributed by atoms with E-state index in [2.05, 4.69) is 52.7 Å². The van der Waals surface area contributed by atoms with Crippen LogP contribution >= 0.6 is 11.3 Å². The molecule has 2 aromatic rings. The van der Waals surface area contributed by atoms with Gasteiger partial charge in [-0.05, 0) is 6.92 Å². The van der Waals surface area contributed by atoms with Crippen molar-refractivity contribution in [2.45, 2.75) is 52.3 Å². The Labute approximate surface area is 141 Å². The normalized spacial score (nSPS) is 20.1. The first-order valence-electron chi connectivity index (χ1n) is 8.14. The van der Waals surface area contributed by atoms with Crippen LogP contribution in [0.25, 0.3) is 0 Å². The number of aromatic nitrogens is 4. The zero-order chi connectivity index (χ0) is 16.4. The molecular weight excluding hydrogens is 310 g/mol. The van der Waals surface area contributed by atoms with Crippen molar-refractivity contribution in [1.29, 1.82) is 0 Å². The maximum absolute atomic E-state index is 5.91. The highest BCUT2D eigenvalue weighted by Crippen LogP contribution is 2.27. The summed E-state index contributed by atoms with van der Waals surface area (Å²) < 4.78 is 7.96. The Hall–Kier alpha value is -1.31. The highest BCUT2D eigenvalue weighted by atomic mass is 32.1. The lowest BCUT2D eigenvalue weighted by atomic mass is 9.98. The van der Waals surface area contributed by atoms with Gasteiger partial charge in [0.05, 0.1) is 17.3 Å². The zero-order valence-corrected chi connectivity index (χ0v) is 15.1. The van der Waals surface area contributed by atoms with Crippen molar-refractivity contribution in [2.75, 3.05) is 19.7 Å². The smallest absolute Gasteiger partial charge is 0.163 e. The average Bonchev–Trinajstić information content (AvgIpc) is 3.15. The van der Waals surface area contributed by atoms with Crippen LogP contribution in [0.5, 0.6) is 0 Å². The minimum absolute atomic E-state index is 0.00748. The van der Waals surface area contributed by atoms with Crippen LogP contribution in [0.3, 0.4) is 0 Å². The standard InChI is InChI=1S/C16H25N5OS/c1-5-21-11-17-19-14(21)13-9-20(6-7-22-13)8-12-10-23-15(18-12)16(2,3)4/h10-11,13H,5-9H2,1-4H3/t13-/m0/s1. The first-order chi connectivity index (χ1) is 11.0. The molecule has 0 spiro atoms. The average molecular weight is 335 g/mol. The fourth-order valence-corrected chi connectivity index (χ4v) is 3.61. The lowest BCUT2D eigenvalue weighted by molar-refractivity contribution is -0.0391. The van der Waals surface area contributed by atoms with E-state index in [-0.39, 0.29) is 11.5 Å². The molecule has 0 bridgehead atoms. The Morgan fingerprint density at radius 2 is 2.22 bits per heavy atom. The highest BCUT2D eigenvalue weighted by Gasteiger charge is 2.26. The first-order valence-corrected chi connectivity index (χ1v) is 9.02. The van der Waals surface area contributed by atoms with E-state index in [9.17, 15) is 0 Å². The number of hydrogen-bond acceptors (Lipinski definition) is 6. The quantitative estimate of drug-likeness (QED) is 0.860. The predicted molar refractivity (Wildman–Crippen MR) is 90.5 cm³/mol. The van der Waals surface area contributed by atoms with E-state index < -0.39 is 0 Å². The summed E-state index contributed by atoms with van der Waals surface area (Å²) in [6.45, 7) is 12.9. The van der Waals surface area contributed by atoms with E-state index >= 15 is 0 Å². The Balaban J connectivity index is 1.66. The Morgan fingerprint density at radius 3 is 2.91 bits per heavy atom. The van der Waals surface area contributed by atoms with Crippen molar-refractivity contribution in [3.05, 3.63) is 28.2 Å². The van der Waals surface area contributed by atoms with Crippen LogP contribution in [0.4, 0.5) is 0 Å². The minimum Gasteiger partial charge on any atom is -0.368 e. The molecule has 23 heavy (non-hydrogen) atoms. The number of rotatable bonds is 4. The molecule has 126 valence electrons. The second-order valence-corrected chi connectivity index (χ2v) is 7.82. The molecule has 1 atom stereocenters. The van der Waals surface area contributed by atoms with E-state index in [0.29, 0.717) is 0 Å². The molecule has 0 aliphatic carbocycles. The van der Waals surface area contributed by atoms with Gasteiger partial charge >= 0.3 is 0 Å². The first kappa shape index (κ1) is 16.5. The van der Waals surface area contributed by atoms with Gasteiger partial charge in [0.15, 0.2) is 5.82 Å². The summed E-state index contributed by atoms with van der Waals surface area (Å²) in [5.41, 5.74) is 1.27. The lowest BCUT2D eigenvalue weighted by Gasteiger charge is -2.32. The second kappa shape index (κ2) is 6.67. The van der Waals surface area contributed by atoms with Crippen LogP contribution in [0.2, 0.25) is 0 Å². The molecule has 7 heteroatoms. The molecule has 1 aliphatic heterocycles. The van der Waals surface area contributed by atoms with Gasteiger partial charge in [-0.3, -0.25) is 4.90 Å². The number of hydrogen-bond donors (Lipinski definition) is 0. The van der Waals surface area contributed by atoms with E-state index in [1.807, 2.05) is 0 Å². The Morgan fingerprint density at radius 1 is 1.39 bits per heavy atom. The second-order valence-electron chi connectivity index (χ2n) is 6.96. The number of nitrogens with zero attached hydrogens (tertiary/aromatic N) is 5. The van der Waals surface area contributed by atoms with Gasteiger partial charge in [-0.1, -0.05) is 20.8 Å². The maximum Gasteiger partial charge on any atom is 0.163 e. The molecule has 0 unspecified atom stereocenters. The summed E-state index contributed by atoms with van der Waals surface area (Å²) in [6, 6.07) is 0. The largest absolute Gasteiger partial charge is 0.368 e. The molecule has 0 radical (unpaired) electrons. The van der Waals surface area contributed by atoms with Gasteiger partial charge in [0.2, 0.25) is 0 Å². The van der Waals surface area contributed by atoms with Gasteiger partial charge in [0.1, 0.15) is 12.4 Å². The molecular formula is C16H25N5OS. The third-order valence-electron chi connectivity index (χ3n) is 4.00. The van der Waals surface area contributed by atoms with Gasteiger partial charge in [-0.15, -0.1) is 21.5 Å². The molecule has 1 saturated heterocycles. The van der Waals surface area contributed by atoms with Crippen molar-refractivity contribution in [3.63, 3.8) is 0 Å². The third-order valence-corrected chi connectivity index (χ3v) is 5.32. The van der Waals surface area contributed by atoms with E-state index in [4.69, 9.17) is 9.72 Å². The topological polar surface area (TPSA) is 56.1 Å². The summed E-state index contributed by atoms with van der Waals surface area (Å²) in [6.07, 6.45) is 1.76. The molecule has 2 aromatic heterocycles. The molecule has 3 heterocycles. The summed E-state index contributed by atoms with van der Waals surface area (Å²) >= 11 is 1.75. The molecule has 3 rings (SSSR count). The molecule has 6 nitrogen and oxygen atoms in total. The van der Waals surface area contributed by atoms with Gasteiger partial charge in [-0.25, -0.2) is 4.98 Å². The van der Waals surface area contributed by atoms with Crippen LogP contribution < -0.4 is 0 Å². The van der Waals surface area contributed by atoms with Gasteiger partial charge in [0, 0.05) is 37.0 Å². The van der Waals surface area contributed by atoms with Crippen LogP contribution in [0.15, 0.2) is 11.7 Å². The van der Waals surface area contributed by atoms with Crippen molar-refractivity contribution in [3.8, 4) is 0 Å². The highest BCUT2D eigenvalue weighted by molar-refractivity contribution is 7.09. The fourth-order valence-electron chi connectivity index (χ4n) is 2.71. The molecule has 0 N–H and O–H groups in total. The van der Waals surface area contributed by atoms with Crippen LogP contribution in [-0.2, 0) is 23.2 Å². The van der Waals surface area contributed by atoms with Crippen molar-refractivity contribution in [1.82, 2.24) is 24.6 Å². The Kier molecular flexibility index (Phi) is 4.79. The minimum atomic E-state index is -0.00748. The summed E-state index contributed by atoms with van der Waals surface area (Å²) in [4.78, 5) is 7.19. The zero-order valence-electron chi connectivity index (χ0n) is 14.3. The lowest BCUT2D eigenvalue weighted by Crippen LogP contribution is -2.38. The summed E-state index contributed by atoms with van der Waals surface area (Å²) in [7, 11) is 0. The molecule has 1 aliphatic rings. The van der Waals surface area contributed by atoms with Gasteiger partial charge in [0.25, 0.3) is 0 Å².